The van der Waals surface area contributed by atoms with E-state index in [1.807, 2.05) is 18.2 Å². The highest BCUT2D eigenvalue weighted by Crippen LogP contribution is 2.57. The summed E-state index contributed by atoms with van der Waals surface area (Å²) in [6.07, 6.45) is -0.842. The Morgan fingerprint density at radius 2 is 1.29 bits per heavy atom. The van der Waals surface area contributed by atoms with Crippen LogP contribution in [0.3, 0.4) is 0 Å². The number of aliphatic hydroxyl groups is 1. The van der Waals surface area contributed by atoms with Crippen molar-refractivity contribution >= 4 is 0 Å². The molecule has 3 aromatic rings. The number of hydrogen-bond donors (Lipinski definition) is 1. The first-order valence-corrected chi connectivity index (χ1v) is 9.93. The maximum Gasteiger partial charge on any atom is 0.126 e. The summed E-state index contributed by atoms with van der Waals surface area (Å²) >= 11 is 0. The van der Waals surface area contributed by atoms with Crippen LogP contribution in [0.15, 0.2) is 54.6 Å². The molecule has 0 aromatic heterocycles. The highest BCUT2D eigenvalue weighted by atomic mass is 19.1. The molecule has 0 saturated heterocycles. The quantitative estimate of drug-likeness (QED) is 0.615. The fourth-order valence-electron chi connectivity index (χ4n) is 4.48. The van der Waals surface area contributed by atoms with Crippen molar-refractivity contribution in [2.24, 2.45) is 0 Å². The number of aliphatic hydroxyl groups excluding tert-OH is 1. The summed E-state index contributed by atoms with van der Waals surface area (Å²) in [5.41, 5.74) is 3.29. The number of hydrogen-bond acceptors (Lipinski definition) is 5. The van der Waals surface area contributed by atoms with Crippen molar-refractivity contribution in [2.45, 2.75) is 17.9 Å². The molecule has 0 radical (unpaired) electrons. The van der Waals surface area contributed by atoms with Crippen LogP contribution in [0.4, 0.5) is 4.39 Å². The predicted octanol–water partition coefficient (Wildman–Crippen LogP) is 4.82. The highest BCUT2D eigenvalue weighted by Gasteiger charge is 2.44. The highest BCUT2D eigenvalue weighted by molar-refractivity contribution is 5.59. The van der Waals surface area contributed by atoms with Gasteiger partial charge in [0, 0.05) is 29.5 Å². The van der Waals surface area contributed by atoms with E-state index in [9.17, 15) is 9.50 Å². The Morgan fingerprint density at radius 1 is 0.710 bits per heavy atom. The lowest BCUT2D eigenvalue weighted by Gasteiger charge is -2.25. The topological polar surface area (TPSA) is 57.2 Å². The van der Waals surface area contributed by atoms with Crippen LogP contribution in [0.2, 0.25) is 0 Å². The molecule has 31 heavy (non-hydrogen) atoms. The standard InChI is InChI=1S/C25H25FO5/c1-28-17-9-15(10-18(11-17)29-2)23-22(14-5-7-16(26)8-6-14)24-20(25(23)27)12-19(30-3)13-21(24)31-4/h5-13,22-23,25,27H,1-4H3. The summed E-state index contributed by atoms with van der Waals surface area (Å²) < 4.78 is 35.7. The van der Waals surface area contributed by atoms with Gasteiger partial charge in [0.05, 0.1) is 34.5 Å². The number of rotatable bonds is 6. The summed E-state index contributed by atoms with van der Waals surface area (Å²) in [4.78, 5) is 0. The van der Waals surface area contributed by atoms with Crippen molar-refractivity contribution in [3.63, 3.8) is 0 Å². The molecule has 0 heterocycles. The van der Waals surface area contributed by atoms with Gasteiger partial charge < -0.3 is 24.1 Å². The van der Waals surface area contributed by atoms with Crippen molar-refractivity contribution in [3.05, 3.63) is 82.7 Å². The van der Waals surface area contributed by atoms with E-state index in [0.29, 0.717) is 23.0 Å². The minimum Gasteiger partial charge on any atom is -0.497 e. The van der Waals surface area contributed by atoms with E-state index >= 15 is 0 Å². The average molecular weight is 424 g/mol. The number of halogens is 1. The fourth-order valence-corrected chi connectivity index (χ4v) is 4.48. The van der Waals surface area contributed by atoms with Gasteiger partial charge in [0.25, 0.3) is 0 Å². The lowest BCUT2D eigenvalue weighted by Crippen LogP contribution is -2.12. The molecule has 1 aliphatic carbocycles. The molecule has 0 bridgehead atoms. The summed E-state index contributed by atoms with van der Waals surface area (Å²) in [6.45, 7) is 0. The predicted molar refractivity (Wildman–Crippen MR) is 115 cm³/mol. The van der Waals surface area contributed by atoms with Crippen LogP contribution >= 0.6 is 0 Å². The van der Waals surface area contributed by atoms with Crippen LogP contribution in [0.5, 0.6) is 23.0 Å². The monoisotopic (exact) mass is 424 g/mol. The van der Waals surface area contributed by atoms with Crippen molar-refractivity contribution in [1.82, 2.24) is 0 Å². The van der Waals surface area contributed by atoms with Crippen LogP contribution in [-0.4, -0.2) is 33.5 Å². The Balaban J connectivity index is 1.96. The first-order chi connectivity index (χ1) is 15.0. The minimum absolute atomic E-state index is 0.275. The van der Waals surface area contributed by atoms with Crippen LogP contribution in [0.1, 0.15) is 40.2 Å². The molecule has 3 aromatic carbocycles. The van der Waals surface area contributed by atoms with Gasteiger partial charge in [-0.25, -0.2) is 4.39 Å². The Kier molecular flexibility index (Phi) is 5.74. The molecular formula is C25H25FO5. The van der Waals surface area contributed by atoms with Gasteiger partial charge in [-0.3, -0.25) is 0 Å². The molecule has 3 unspecified atom stereocenters. The van der Waals surface area contributed by atoms with Crippen molar-refractivity contribution in [3.8, 4) is 23.0 Å². The van der Waals surface area contributed by atoms with Gasteiger partial charge in [-0.05, 0) is 47.0 Å². The number of benzene rings is 3. The third kappa shape index (κ3) is 3.68. The van der Waals surface area contributed by atoms with Crippen LogP contribution < -0.4 is 18.9 Å². The first kappa shape index (κ1) is 21.0. The lowest BCUT2D eigenvalue weighted by atomic mass is 9.80. The van der Waals surface area contributed by atoms with Gasteiger partial charge in [-0.2, -0.15) is 0 Å². The van der Waals surface area contributed by atoms with Gasteiger partial charge in [0.1, 0.15) is 28.8 Å². The summed E-state index contributed by atoms with van der Waals surface area (Å²) in [6, 6.07) is 15.6. The van der Waals surface area contributed by atoms with Gasteiger partial charge >= 0.3 is 0 Å². The molecule has 1 aliphatic rings. The number of ether oxygens (including phenoxy) is 4. The number of methoxy groups -OCH3 is 4. The summed E-state index contributed by atoms with van der Waals surface area (Å²) in [5.74, 6) is 1.49. The van der Waals surface area contributed by atoms with E-state index in [2.05, 4.69) is 0 Å². The second kappa shape index (κ2) is 8.47. The third-order valence-electron chi connectivity index (χ3n) is 5.92. The van der Waals surface area contributed by atoms with Crippen LogP contribution in [0.25, 0.3) is 0 Å². The molecule has 0 spiro atoms. The van der Waals surface area contributed by atoms with Crippen molar-refractivity contribution in [1.29, 1.82) is 0 Å². The largest absolute Gasteiger partial charge is 0.497 e. The van der Waals surface area contributed by atoms with Gasteiger partial charge in [-0.15, -0.1) is 0 Å². The Bertz CT molecular complexity index is 1060. The van der Waals surface area contributed by atoms with Crippen LogP contribution in [0, 0.1) is 5.82 Å². The van der Waals surface area contributed by atoms with E-state index in [-0.39, 0.29) is 17.7 Å². The van der Waals surface area contributed by atoms with Gasteiger partial charge in [-0.1, -0.05) is 12.1 Å². The van der Waals surface area contributed by atoms with Crippen LogP contribution in [-0.2, 0) is 0 Å². The molecule has 0 saturated carbocycles. The normalized spacial score (nSPS) is 19.6. The Labute approximate surface area is 181 Å². The zero-order valence-electron chi connectivity index (χ0n) is 17.9. The molecule has 5 nitrogen and oxygen atoms in total. The van der Waals surface area contributed by atoms with E-state index in [4.69, 9.17) is 18.9 Å². The fraction of sp³-hybridized carbons (Fsp3) is 0.280. The smallest absolute Gasteiger partial charge is 0.126 e. The Morgan fingerprint density at radius 3 is 1.84 bits per heavy atom. The first-order valence-electron chi connectivity index (χ1n) is 9.93. The number of fused-ring (bicyclic) bond motifs is 1. The molecule has 1 N–H and O–H groups in total. The van der Waals surface area contributed by atoms with E-state index < -0.39 is 6.10 Å². The third-order valence-corrected chi connectivity index (χ3v) is 5.92. The van der Waals surface area contributed by atoms with Crippen molar-refractivity contribution < 1.29 is 28.4 Å². The average Bonchev–Trinajstić information content (AvgIpc) is 3.10. The summed E-state index contributed by atoms with van der Waals surface area (Å²) in [5, 5.41) is 11.5. The molecular weight excluding hydrogens is 399 g/mol. The summed E-state index contributed by atoms with van der Waals surface area (Å²) in [7, 11) is 6.34. The SMILES string of the molecule is COc1cc(OC)cc(C2C(O)c3cc(OC)cc(OC)c3C2c2ccc(F)cc2)c1. The molecule has 6 heteroatoms. The molecule has 162 valence electrons. The second-order valence-corrected chi connectivity index (χ2v) is 7.48. The zero-order chi connectivity index (χ0) is 22.1. The van der Waals surface area contributed by atoms with E-state index in [0.717, 1.165) is 22.3 Å². The molecule has 0 fully saturated rings. The maximum atomic E-state index is 13.7. The lowest BCUT2D eigenvalue weighted by molar-refractivity contribution is 0.152. The minimum atomic E-state index is -0.842. The molecule has 0 amide bonds. The maximum absolute atomic E-state index is 13.7. The van der Waals surface area contributed by atoms with E-state index in [1.165, 1.54) is 12.1 Å². The molecule has 0 aliphatic heterocycles. The van der Waals surface area contributed by atoms with Gasteiger partial charge in [0.2, 0.25) is 0 Å². The van der Waals surface area contributed by atoms with Crippen molar-refractivity contribution in [2.75, 3.05) is 28.4 Å². The Hall–Kier alpha value is -3.25. The zero-order valence-corrected chi connectivity index (χ0v) is 17.9. The molecule has 3 atom stereocenters. The second-order valence-electron chi connectivity index (χ2n) is 7.48. The van der Waals surface area contributed by atoms with E-state index in [1.54, 1.807) is 52.7 Å². The van der Waals surface area contributed by atoms with Gasteiger partial charge in [0.15, 0.2) is 0 Å². The molecule has 4 rings (SSSR count).